The van der Waals surface area contributed by atoms with Gasteiger partial charge in [-0.25, -0.2) is 0 Å². The van der Waals surface area contributed by atoms with E-state index < -0.39 is 0 Å². The van der Waals surface area contributed by atoms with Crippen molar-refractivity contribution in [2.75, 3.05) is 44.2 Å². The molecule has 36 heavy (non-hydrogen) atoms. The Kier molecular flexibility index (Phi) is 5.69. The number of amides is 2. The maximum atomic E-state index is 13.4. The van der Waals surface area contributed by atoms with Gasteiger partial charge in [-0.05, 0) is 73.0 Å². The summed E-state index contributed by atoms with van der Waals surface area (Å²) in [7, 11) is 0. The molecule has 1 aromatic heterocycles. The van der Waals surface area contributed by atoms with Crippen molar-refractivity contribution >= 4 is 39.3 Å². The van der Waals surface area contributed by atoms with Gasteiger partial charge in [0.2, 0.25) is 11.8 Å². The van der Waals surface area contributed by atoms with Crippen molar-refractivity contribution in [3.8, 4) is 0 Å². The predicted molar refractivity (Wildman–Crippen MR) is 143 cm³/mol. The van der Waals surface area contributed by atoms with Crippen molar-refractivity contribution in [3.05, 3.63) is 36.4 Å². The molecule has 3 saturated carbocycles. The van der Waals surface area contributed by atoms with E-state index in [1.807, 2.05) is 0 Å². The van der Waals surface area contributed by atoms with Crippen molar-refractivity contribution < 1.29 is 9.59 Å². The minimum atomic E-state index is -0.0966. The molecule has 5 fully saturated rings. The summed E-state index contributed by atoms with van der Waals surface area (Å²) < 4.78 is 6.02. The number of benzene rings is 1. The molecular weight excluding hydrogens is 468 g/mol. The Balaban J connectivity index is 0.990. The monoisotopic (exact) mass is 504 g/mol. The number of hydrogen-bond donors (Lipinski definition) is 0. The largest absolute Gasteiger partial charge is 0.353 e. The van der Waals surface area contributed by atoms with Gasteiger partial charge in [0.15, 0.2) is 0 Å². The normalized spacial score (nSPS) is 34.8. The van der Waals surface area contributed by atoms with Gasteiger partial charge in [0.1, 0.15) is 5.82 Å². The van der Waals surface area contributed by atoms with Crippen LogP contribution in [0.5, 0.6) is 0 Å². The Morgan fingerprint density at radius 3 is 2.47 bits per heavy atom. The molecule has 5 aliphatic rings. The number of anilines is 1. The molecule has 2 saturated heterocycles. The van der Waals surface area contributed by atoms with Crippen LogP contribution in [0.25, 0.3) is 10.1 Å². The minimum Gasteiger partial charge on any atom is -0.353 e. The molecule has 2 bridgehead atoms. The van der Waals surface area contributed by atoms with Crippen LogP contribution in [0.1, 0.15) is 38.5 Å². The van der Waals surface area contributed by atoms with Gasteiger partial charge in [-0.3, -0.25) is 19.4 Å². The number of aromatic nitrogens is 1. The average molecular weight is 505 g/mol. The lowest BCUT2D eigenvalue weighted by Crippen LogP contribution is -2.49. The zero-order valence-corrected chi connectivity index (χ0v) is 21.8. The van der Waals surface area contributed by atoms with Gasteiger partial charge in [-0.1, -0.05) is 37.1 Å². The number of carbonyl (C=O) groups is 2. The molecular formula is C29H36N4O2S. The highest BCUT2D eigenvalue weighted by molar-refractivity contribution is 7.13. The number of rotatable bonds is 5. The van der Waals surface area contributed by atoms with E-state index in [4.69, 9.17) is 4.37 Å². The van der Waals surface area contributed by atoms with Crippen LogP contribution in [0.3, 0.4) is 0 Å². The third-order valence-corrected chi connectivity index (χ3v) is 10.9. The molecule has 3 aliphatic carbocycles. The SMILES string of the molecule is C=C1CC2CC1C1C(=O)N(CC3CCCCC3CN3CCN(c4nsc5ccccc45)CC3)C(=O)C21. The highest BCUT2D eigenvalue weighted by atomic mass is 32.1. The summed E-state index contributed by atoms with van der Waals surface area (Å²) in [4.78, 5) is 33.5. The second-order valence-corrected chi connectivity index (χ2v) is 12.7. The number of likely N-dealkylation sites (tertiary alicyclic amines) is 1. The van der Waals surface area contributed by atoms with E-state index in [2.05, 4.69) is 40.6 Å². The Morgan fingerprint density at radius 2 is 1.67 bits per heavy atom. The van der Waals surface area contributed by atoms with Crippen molar-refractivity contribution in [2.45, 2.75) is 38.5 Å². The fourth-order valence-corrected chi connectivity index (χ4v) is 8.98. The summed E-state index contributed by atoms with van der Waals surface area (Å²) in [5, 5.41) is 1.27. The molecule has 7 rings (SSSR count). The van der Waals surface area contributed by atoms with Crippen molar-refractivity contribution in [1.29, 1.82) is 0 Å². The first-order valence-electron chi connectivity index (χ1n) is 13.9. The van der Waals surface area contributed by atoms with Crippen LogP contribution in [0.15, 0.2) is 36.4 Å². The second-order valence-electron chi connectivity index (χ2n) is 11.9. The van der Waals surface area contributed by atoms with Crippen molar-refractivity contribution in [1.82, 2.24) is 14.2 Å². The van der Waals surface area contributed by atoms with Crippen LogP contribution < -0.4 is 4.90 Å². The summed E-state index contributed by atoms with van der Waals surface area (Å²) in [5.41, 5.74) is 1.21. The molecule has 6 unspecified atom stereocenters. The van der Waals surface area contributed by atoms with E-state index in [1.54, 1.807) is 16.4 Å². The quantitative estimate of drug-likeness (QED) is 0.446. The van der Waals surface area contributed by atoms with Crippen LogP contribution >= 0.6 is 11.5 Å². The minimum absolute atomic E-state index is 0.0510. The fraction of sp³-hybridized carbons (Fsp3) is 0.621. The molecule has 0 spiro atoms. The van der Waals surface area contributed by atoms with Gasteiger partial charge in [-0.15, -0.1) is 0 Å². The fourth-order valence-electron chi connectivity index (χ4n) is 8.19. The number of imide groups is 1. The molecule has 0 N–H and O–H groups in total. The molecule has 3 heterocycles. The molecule has 2 aromatic rings. The zero-order chi connectivity index (χ0) is 24.4. The van der Waals surface area contributed by atoms with Crippen LogP contribution in [0.4, 0.5) is 5.82 Å². The first-order chi connectivity index (χ1) is 17.6. The topological polar surface area (TPSA) is 56.8 Å². The van der Waals surface area contributed by atoms with Gasteiger partial charge in [0.25, 0.3) is 0 Å². The smallest absolute Gasteiger partial charge is 0.233 e. The maximum absolute atomic E-state index is 13.4. The van der Waals surface area contributed by atoms with E-state index in [9.17, 15) is 9.59 Å². The molecule has 190 valence electrons. The van der Waals surface area contributed by atoms with Gasteiger partial charge in [-0.2, -0.15) is 4.37 Å². The van der Waals surface area contributed by atoms with Crippen LogP contribution in [0, 0.1) is 35.5 Å². The number of piperazine rings is 1. The van der Waals surface area contributed by atoms with E-state index in [-0.39, 0.29) is 29.6 Å². The van der Waals surface area contributed by atoms with Crippen LogP contribution in [0.2, 0.25) is 0 Å². The summed E-state index contributed by atoms with van der Waals surface area (Å²) in [5.74, 6) is 2.87. The Morgan fingerprint density at radius 1 is 0.944 bits per heavy atom. The third kappa shape index (κ3) is 3.65. The molecule has 7 heteroatoms. The van der Waals surface area contributed by atoms with Gasteiger partial charge in [0, 0.05) is 44.7 Å². The molecule has 2 aliphatic heterocycles. The molecule has 6 nitrogen and oxygen atoms in total. The summed E-state index contributed by atoms with van der Waals surface area (Å²) in [6, 6.07) is 8.52. The van der Waals surface area contributed by atoms with E-state index >= 15 is 0 Å². The average Bonchev–Trinajstić information content (AvgIpc) is 3.64. The lowest BCUT2D eigenvalue weighted by Gasteiger charge is -2.40. The van der Waals surface area contributed by atoms with E-state index in [0.717, 1.165) is 57.8 Å². The number of allylic oxidation sites excluding steroid dienone is 1. The summed E-state index contributed by atoms with van der Waals surface area (Å²) >= 11 is 1.59. The number of hydrogen-bond acceptors (Lipinski definition) is 6. The molecule has 2 amide bonds. The first kappa shape index (κ1) is 22.9. The Labute approximate surface area is 217 Å². The zero-order valence-electron chi connectivity index (χ0n) is 21.0. The van der Waals surface area contributed by atoms with Crippen molar-refractivity contribution in [3.63, 3.8) is 0 Å². The van der Waals surface area contributed by atoms with Gasteiger partial charge >= 0.3 is 0 Å². The first-order valence-corrected chi connectivity index (χ1v) is 14.7. The van der Waals surface area contributed by atoms with Crippen LogP contribution in [-0.2, 0) is 9.59 Å². The molecule has 0 radical (unpaired) electrons. The predicted octanol–water partition coefficient (Wildman–Crippen LogP) is 4.42. The van der Waals surface area contributed by atoms with E-state index in [1.165, 1.54) is 34.9 Å². The van der Waals surface area contributed by atoms with Gasteiger partial charge < -0.3 is 4.90 Å². The number of fused-ring (bicyclic) bond motifs is 6. The summed E-state index contributed by atoms with van der Waals surface area (Å²) in [6.45, 7) is 10.1. The van der Waals surface area contributed by atoms with E-state index in [0.29, 0.717) is 24.3 Å². The standard InChI is InChI=1S/C29H36N4O2S/c1-18-14-21-15-23(18)26-25(21)28(34)33(29(26)35)17-20-7-3-2-6-19(20)16-31-10-12-32(13-11-31)27-22-8-4-5-9-24(22)36-30-27/h4-5,8-9,19-21,23,25-26H,1-3,6-7,10-17H2. The highest BCUT2D eigenvalue weighted by Crippen LogP contribution is 2.58. The maximum Gasteiger partial charge on any atom is 0.233 e. The lowest BCUT2D eigenvalue weighted by molar-refractivity contribution is -0.142. The van der Waals surface area contributed by atoms with Gasteiger partial charge in [0.05, 0.1) is 16.5 Å². The molecule has 1 aromatic carbocycles. The second kappa shape index (κ2) is 8.95. The van der Waals surface area contributed by atoms with Crippen LogP contribution in [-0.4, -0.2) is 65.3 Å². The molecule has 6 atom stereocenters. The number of nitrogens with zero attached hydrogens (tertiary/aromatic N) is 4. The Hall–Kier alpha value is -2.25. The third-order valence-electron chi connectivity index (χ3n) is 10.0. The number of carbonyl (C=O) groups excluding carboxylic acids is 2. The summed E-state index contributed by atoms with van der Waals surface area (Å²) in [6.07, 6.45) is 6.80. The van der Waals surface area contributed by atoms with Crippen molar-refractivity contribution in [2.24, 2.45) is 35.5 Å². The Bertz CT molecular complexity index is 1200. The lowest BCUT2D eigenvalue weighted by atomic mass is 9.78. The highest BCUT2D eigenvalue weighted by Gasteiger charge is 2.62.